The molecule has 1 N–H and O–H groups in total. The van der Waals surface area contributed by atoms with Crippen LogP contribution < -0.4 is 0 Å². The number of benzene rings is 6. The fourth-order valence-electron chi connectivity index (χ4n) is 5.30. The molecule has 8 heteroatoms. The summed E-state index contributed by atoms with van der Waals surface area (Å²) in [5, 5.41) is 2.38. The number of H-pyrrole nitrogens is 1. The summed E-state index contributed by atoms with van der Waals surface area (Å²) in [7, 11) is 0. The summed E-state index contributed by atoms with van der Waals surface area (Å²) in [6.45, 7) is 4.10. The van der Waals surface area contributed by atoms with Crippen molar-refractivity contribution >= 4 is 97.3 Å². The zero-order chi connectivity index (χ0) is 38.0. The van der Waals surface area contributed by atoms with Crippen LogP contribution in [0.15, 0.2) is 176 Å². The summed E-state index contributed by atoms with van der Waals surface area (Å²) in [5.41, 5.74) is 6.65. The fourth-order valence-corrected chi connectivity index (χ4v) is 7.67. The van der Waals surface area contributed by atoms with Crippen molar-refractivity contribution in [2.24, 2.45) is 0 Å². The Morgan fingerprint density at radius 3 is 1.57 bits per heavy atom. The number of hydrogen-bond acceptors (Lipinski definition) is 4. The third-order valence-corrected chi connectivity index (χ3v) is 11.3. The van der Waals surface area contributed by atoms with E-state index in [1.54, 1.807) is 24.3 Å². The van der Waals surface area contributed by atoms with Gasteiger partial charge in [0.1, 0.15) is 0 Å². The van der Waals surface area contributed by atoms with Gasteiger partial charge in [-0.25, -0.2) is 0 Å². The summed E-state index contributed by atoms with van der Waals surface area (Å²) in [6, 6.07) is 46.3. The highest BCUT2D eigenvalue weighted by Gasteiger charge is 2.16. The van der Waals surface area contributed by atoms with E-state index >= 15 is 0 Å². The van der Waals surface area contributed by atoms with Gasteiger partial charge < -0.3 is 4.98 Å². The average Bonchev–Trinajstić information content (AvgIpc) is 3.59. The predicted octanol–water partition coefficient (Wildman–Crippen LogP) is 14.6. The monoisotopic (exact) mass is 845 g/mol. The summed E-state index contributed by atoms with van der Waals surface area (Å²) in [5.74, 6) is -0.0226. The number of rotatable bonds is 10. The second-order valence-corrected chi connectivity index (χ2v) is 16.4. The number of carbonyl (C=O) groups excluding carboxylic acids is 2. The molecule has 0 unspecified atom stereocenters. The Kier molecular flexibility index (Phi) is 13.5. The minimum atomic E-state index is -0.0396. The van der Waals surface area contributed by atoms with Crippen LogP contribution in [0.4, 0.5) is 0 Å². The number of carbonyl (C=O) groups is 2. The molecule has 0 saturated heterocycles. The van der Waals surface area contributed by atoms with Gasteiger partial charge in [-0.05, 0) is 123 Å². The molecule has 0 aliphatic heterocycles. The summed E-state index contributed by atoms with van der Waals surface area (Å²) in [4.78, 5) is 33.0. The Bertz CT molecular complexity index is 2440. The van der Waals surface area contributed by atoms with E-state index in [-0.39, 0.29) is 11.6 Å². The second kappa shape index (κ2) is 18.7. The van der Waals surface area contributed by atoms with Crippen LogP contribution in [-0.4, -0.2) is 16.6 Å². The molecule has 0 amide bonds. The predicted molar refractivity (Wildman–Crippen MR) is 234 cm³/mol. The maximum Gasteiger partial charge on any atom is 0.199 e. The van der Waals surface area contributed by atoms with Crippen molar-refractivity contribution in [1.82, 2.24) is 4.98 Å². The Labute approximate surface area is 342 Å². The number of para-hydroxylation sites is 1. The molecule has 0 atom stereocenters. The number of aromatic nitrogens is 1. The molecule has 0 radical (unpaired) electrons. The molecule has 0 saturated carbocycles. The first-order valence-corrected chi connectivity index (χ1v) is 20.1. The molecule has 54 heavy (non-hydrogen) atoms. The lowest BCUT2D eigenvalue weighted by Crippen LogP contribution is -2.01. The Morgan fingerprint density at radius 1 is 0.574 bits per heavy atom. The third-order valence-electron chi connectivity index (χ3n) is 8.23. The summed E-state index contributed by atoms with van der Waals surface area (Å²) >= 11 is 18.3. The van der Waals surface area contributed by atoms with E-state index in [2.05, 4.69) is 58.2 Å². The van der Waals surface area contributed by atoms with Crippen LogP contribution in [-0.2, 0) is 0 Å². The maximum absolute atomic E-state index is 13.3. The summed E-state index contributed by atoms with van der Waals surface area (Å²) in [6.07, 6.45) is 5.82. The van der Waals surface area contributed by atoms with Crippen molar-refractivity contribution in [3.8, 4) is 0 Å². The average molecular weight is 848 g/mol. The minimum Gasteiger partial charge on any atom is -0.361 e. The molecule has 1 heterocycles. The Hall–Kier alpha value is -4.56. The molecule has 1 aromatic heterocycles. The molecular formula is C46H34BrCl2NO2S2. The number of halogens is 3. The molecule has 7 aromatic rings. The lowest BCUT2D eigenvalue weighted by atomic mass is 10.1. The minimum absolute atomic E-state index is 0.0170. The van der Waals surface area contributed by atoms with Gasteiger partial charge in [-0.3, -0.25) is 9.59 Å². The standard InChI is InChI=1S/C24H18BrNOS.C22H16Cl2OS/c1-16-6-12-20(13-7-16)28-23(24(27)17-8-10-19(25)11-9-17)14-18-15-26-22-5-3-2-4-21(18)22;1-15-2-12-20(13-3-15)26-21(14-16-4-8-18(23)9-5-16)22(25)17-6-10-19(24)11-7-17/h2-15,26H,1H3;2-14H,1H3/b23-14+;21-14+. The smallest absolute Gasteiger partial charge is 0.199 e. The lowest BCUT2D eigenvalue weighted by molar-refractivity contribution is 0.103. The van der Waals surface area contributed by atoms with E-state index in [4.69, 9.17) is 23.2 Å². The van der Waals surface area contributed by atoms with Crippen LogP contribution in [0.3, 0.4) is 0 Å². The number of Topliss-reactive ketones (excluding diaryl/α,β-unsaturated/α-hetero) is 2. The first kappa shape index (κ1) is 39.1. The van der Waals surface area contributed by atoms with E-state index in [1.807, 2.05) is 116 Å². The third kappa shape index (κ3) is 10.8. The molecule has 0 aliphatic carbocycles. The van der Waals surface area contributed by atoms with Crippen molar-refractivity contribution in [1.29, 1.82) is 0 Å². The second-order valence-electron chi connectivity index (χ2n) is 12.4. The van der Waals surface area contributed by atoms with Crippen molar-refractivity contribution < 1.29 is 9.59 Å². The van der Waals surface area contributed by atoms with Gasteiger partial charge in [-0.1, -0.05) is 128 Å². The topological polar surface area (TPSA) is 49.9 Å². The molecular weight excluding hydrogens is 813 g/mol. The van der Waals surface area contributed by atoms with Gasteiger partial charge in [0.25, 0.3) is 0 Å². The van der Waals surface area contributed by atoms with Crippen LogP contribution in [0, 0.1) is 13.8 Å². The molecule has 6 aromatic carbocycles. The lowest BCUT2D eigenvalue weighted by Gasteiger charge is -2.08. The number of allylic oxidation sites excluding steroid dienone is 2. The highest BCUT2D eigenvalue weighted by atomic mass is 79.9. The first-order valence-electron chi connectivity index (χ1n) is 17.0. The van der Waals surface area contributed by atoms with Crippen molar-refractivity contribution in [3.05, 3.63) is 209 Å². The van der Waals surface area contributed by atoms with Crippen LogP contribution in [0.1, 0.15) is 43.0 Å². The van der Waals surface area contributed by atoms with Gasteiger partial charge in [0.05, 0.1) is 9.81 Å². The molecule has 0 spiro atoms. The first-order chi connectivity index (χ1) is 26.1. The van der Waals surface area contributed by atoms with Gasteiger partial charge in [0.2, 0.25) is 0 Å². The maximum atomic E-state index is 13.3. The van der Waals surface area contributed by atoms with Crippen molar-refractivity contribution in [2.75, 3.05) is 0 Å². The molecule has 0 bridgehead atoms. The molecule has 0 fully saturated rings. The van der Waals surface area contributed by atoms with Gasteiger partial charge in [-0.2, -0.15) is 0 Å². The Morgan fingerprint density at radius 2 is 1.04 bits per heavy atom. The molecule has 3 nitrogen and oxygen atoms in total. The largest absolute Gasteiger partial charge is 0.361 e. The SMILES string of the molecule is Cc1ccc(S/C(=C/c2c[nH]c3ccccc23)C(=O)c2ccc(Br)cc2)cc1.Cc1ccc(S/C(=C/c2ccc(Cl)cc2)C(=O)c2ccc(Cl)cc2)cc1. The van der Waals surface area contributed by atoms with Crippen LogP contribution in [0.2, 0.25) is 10.0 Å². The van der Waals surface area contributed by atoms with Gasteiger partial charge in [0, 0.05) is 58.1 Å². The number of nitrogens with one attached hydrogen (secondary N) is 1. The van der Waals surface area contributed by atoms with E-state index in [0.29, 0.717) is 31.0 Å². The van der Waals surface area contributed by atoms with E-state index < -0.39 is 0 Å². The zero-order valence-corrected chi connectivity index (χ0v) is 34.1. The van der Waals surface area contributed by atoms with Gasteiger partial charge in [-0.15, -0.1) is 0 Å². The van der Waals surface area contributed by atoms with Crippen molar-refractivity contribution in [3.63, 3.8) is 0 Å². The van der Waals surface area contributed by atoms with Crippen LogP contribution in [0.25, 0.3) is 23.1 Å². The van der Waals surface area contributed by atoms with Crippen LogP contribution in [0.5, 0.6) is 0 Å². The quantitative estimate of drug-likeness (QED) is 0.0846. The Balaban J connectivity index is 0.000000185. The fraction of sp³-hybridized carbons (Fsp3) is 0.0435. The van der Waals surface area contributed by atoms with E-state index in [0.717, 1.165) is 36.3 Å². The highest BCUT2D eigenvalue weighted by Crippen LogP contribution is 2.34. The molecule has 7 rings (SSSR count). The zero-order valence-electron chi connectivity index (χ0n) is 29.4. The highest BCUT2D eigenvalue weighted by molar-refractivity contribution is 9.10. The van der Waals surface area contributed by atoms with E-state index in [1.165, 1.54) is 34.7 Å². The van der Waals surface area contributed by atoms with Gasteiger partial charge >= 0.3 is 0 Å². The van der Waals surface area contributed by atoms with Crippen molar-refractivity contribution in [2.45, 2.75) is 23.6 Å². The number of hydrogen-bond donors (Lipinski definition) is 1. The number of fused-ring (bicyclic) bond motifs is 1. The normalized spacial score (nSPS) is 11.6. The van der Waals surface area contributed by atoms with E-state index in [9.17, 15) is 9.59 Å². The van der Waals surface area contributed by atoms with Crippen LogP contribution >= 0.6 is 62.7 Å². The number of thioether (sulfide) groups is 2. The number of aryl methyl sites for hydroxylation is 2. The number of ketones is 2. The summed E-state index contributed by atoms with van der Waals surface area (Å²) < 4.78 is 0.956. The molecule has 0 aliphatic rings. The number of aromatic amines is 1. The molecule has 268 valence electrons. The van der Waals surface area contributed by atoms with Gasteiger partial charge in [0.15, 0.2) is 11.6 Å².